The van der Waals surface area contributed by atoms with E-state index in [0.29, 0.717) is 28.2 Å². The molecule has 0 saturated carbocycles. The first kappa shape index (κ1) is 40.9. The van der Waals surface area contributed by atoms with E-state index < -0.39 is 31.5 Å². The van der Waals surface area contributed by atoms with Crippen LogP contribution in [0.3, 0.4) is 0 Å². The first-order valence-electron chi connectivity index (χ1n) is 12.6. The van der Waals surface area contributed by atoms with Crippen molar-refractivity contribution in [2.24, 2.45) is 0 Å². The summed E-state index contributed by atoms with van der Waals surface area (Å²) in [7, 11) is -4.89. The number of ketones is 1. The van der Waals surface area contributed by atoms with Gasteiger partial charge in [-0.3, -0.25) is 9.59 Å². The quantitative estimate of drug-likeness (QED) is 0.0666. The minimum absolute atomic E-state index is 0. The van der Waals surface area contributed by atoms with Crippen LogP contribution in [0.1, 0.15) is 37.4 Å². The Balaban J connectivity index is 0.00000166. The molecule has 0 aromatic heterocycles. The third-order valence-electron chi connectivity index (χ3n) is 6.01. The number of carbonyl (C=O) groups excluding carboxylic acids is 2. The van der Waals surface area contributed by atoms with Gasteiger partial charge in [0.05, 0.1) is 19.1 Å². The topological polar surface area (TPSA) is 173 Å². The largest absolute Gasteiger partial charge is 1.00 e. The van der Waals surface area contributed by atoms with Gasteiger partial charge in [0.15, 0.2) is 5.78 Å². The second kappa shape index (κ2) is 19.5. The molecule has 0 atom stereocenters. The van der Waals surface area contributed by atoms with Gasteiger partial charge in [-0.15, -0.1) is 48.5 Å². The second-order valence-corrected chi connectivity index (χ2v) is 10.7. The Kier molecular flexibility index (Phi) is 17.4. The van der Waals surface area contributed by atoms with E-state index in [2.05, 4.69) is 11.4 Å². The van der Waals surface area contributed by atoms with Crippen LogP contribution >= 0.6 is 0 Å². The van der Waals surface area contributed by atoms with Gasteiger partial charge in [0, 0.05) is 23.2 Å². The molecule has 11 nitrogen and oxygen atoms in total. The van der Waals surface area contributed by atoms with E-state index in [0.717, 1.165) is 11.6 Å². The smallest absolute Gasteiger partial charge is 0.744 e. The summed E-state index contributed by atoms with van der Waals surface area (Å²) < 4.78 is 71.5. The van der Waals surface area contributed by atoms with Crippen LogP contribution in [0.4, 0.5) is 5.69 Å². The average molecular weight is 682 g/mol. The molecule has 1 amide bonds. The first-order chi connectivity index (χ1) is 20.9. The fourth-order valence-corrected chi connectivity index (χ4v) is 4.53. The van der Waals surface area contributed by atoms with Crippen LogP contribution in [0.5, 0.6) is 11.5 Å². The summed E-state index contributed by atoms with van der Waals surface area (Å²) in [4.78, 5) is 24.6. The molecule has 4 aromatic carbocycles. The number of anilines is 1. The van der Waals surface area contributed by atoms with Crippen molar-refractivity contribution >= 4 is 50.3 Å². The van der Waals surface area contributed by atoms with Crippen LogP contribution in [-0.4, -0.2) is 51.5 Å². The Labute approximate surface area is 312 Å². The zero-order valence-corrected chi connectivity index (χ0v) is 31.0. The van der Waals surface area contributed by atoms with Gasteiger partial charge in [0.2, 0.25) is 0 Å². The Hall–Kier alpha value is -3.11. The summed E-state index contributed by atoms with van der Waals surface area (Å²) in [6, 6.07) is 25.6. The molecule has 0 bridgehead atoms. The van der Waals surface area contributed by atoms with Gasteiger partial charge in [-0.05, 0) is 66.2 Å². The number of benzene rings is 4. The molecule has 15 heteroatoms. The number of hydrogen-bond acceptors (Lipinski definition) is 10. The number of hydrogen-bond donors (Lipinski definition) is 1. The van der Waals surface area contributed by atoms with Gasteiger partial charge in [-0.1, -0.05) is 12.1 Å². The Morgan fingerprint density at radius 1 is 0.826 bits per heavy atom. The minimum Gasteiger partial charge on any atom is -0.744 e. The Morgan fingerprint density at radius 3 is 1.85 bits per heavy atom. The molecule has 0 spiro atoms. The maximum atomic E-state index is 12.6. The second-order valence-electron chi connectivity index (χ2n) is 8.91. The van der Waals surface area contributed by atoms with E-state index in [1.54, 1.807) is 79.9 Å². The van der Waals surface area contributed by atoms with E-state index in [1.807, 2.05) is 0 Å². The van der Waals surface area contributed by atoms with E-state index in [9.17, 15) is 22.6 Å². The SMILES string of the molecule is COc1ccc(C(=O)Cc2c[c-]c(/C=C/c3ccc(NC(=O)c4ccc(OC)cc4)cc3S(=O)(=O)[O-])cc2)cc1.O=S(=O)=O.[Na+].[Na+]. The molecule has 228 valence electrons. The molecule has 0 aliphatic heterocycles. The van der Waals surface area contributed by atoms with Crippen LogP contribution in [0, 0.1) is 6.07 Å². The molecule has 0 radical (unpaired) electrons. The van der Waals surface area contributed by atoms with Crippen molar-refractivity contribution in [2.45, 2.75) is 11.3 Å². The number of rotatable bonds is 10. The van der Waals surface area contributed by atoms with E-state index in [1.165, 1.54) is 25.3 Å². The van der Waals surface area contributed by atoms with Crippen molar-refractivity contribution in [3.8, 4) is 11.5 Å². The van der Waals surface area contributed by atoms with Crippen LogP contribution in [-0.2, 0) is 27.1 Å². The molecule has 46 heavy (non-hydrogen) atoms. The van der Waals surface area contributed by atoms with Crippen molar-refractivity contribution in [3.63, 3.8) is 0 Å². The van der Waals surface area contributed by atoms with Crippen LogP contribution in [0.25, 0.3) is 12.2 Å². The van der Waals surface area contributed by atoms with Gasteiger partial charge in [0.25, 0.3) is 5.91 Å². The van der Waals surface area contributed by atoms with Gasteiger partial charge in [0.1, 0.15) is 21.6 Å². The monoisotopic (exact) mass is 681 g/mol. The van der Waals surface area contributed by atoms with Gasteiger partial charge < -0.3 is 19.3 Å². The van der Waals surface area contributed by atoms with Crippen molar-refractivity contribution in [2.75, 3.05) is 19.5 Å². The van der Waals surface area contributed by atoms with Crippen molar-refractivity contribution < 1.29 is 104 Å². The fraction of sp³-hybridized carbons (Fsp3) is 0.0968. The normalized spacial score (nSPS) is 10.3. The van der Waals surface area contributed by atoms with Gasteiger partial charge in [-0.2, -0.15) is 5.56 Å². The van der Waals surface area contributed by atoms with Crippen molar-refractivity contribution in [1.29, 1.82) is 0 Å². The molecule has 0 unspecified atom stereocenters. The first-order valence-corrected chi connectivity index (χ1v) is 15.0. The molecule has 1 N–H and O–H groups in total. The average Bonchev–Trinajstić information content (AvgIpc) is 3.00. The molecule has 0 saturated heterocycles. The van der Waals surface area contributed by atoms with Crippen LogP contribution in [0.2, 0.25) is 0 Å². The van der Waals surface area contributed by atoms with Crippen LogP contribution in [0.15, 0.2) is 89.8 Å². The molecule has 0 heterocycles. The zero-order valence-electron chi connectivity index (χ0n) is 25.3. The molecule has 0 aliphatic rings. The fourth-order valence-electron chi connectivity index (χ4n) is 3.84. The third-order valence-corrected chi connectivity index (χ3v) is 6.91. The maximum absolute atomic E-state index is 12.6. The summed E-state index contributed by atoms with van der Waals surface area (Å²) in [5.41, 5.74) is 2.60. The summed E-state index contributed by atoms with van der Waals surface area (Å²) in [5.74, 6) is 0.729. The molecular weight excluding hydrogens is 656 g/mol. The molecular formula is C31H25NNa2O10S2. The van der Waals surface area contributed by atoms with E-state index >= 15 is 0 Å². The van der Waals surface area contributed by atoms with Crippen LogP contribution < -0.4 is 73.9 Å². The van der Waals surface area contributed by atoms with E-state index in [4.69, 9.17) is 22.1 Å². The number of methoxy groups -OCH3 is 2. The third kappa shape index (κ3) is 12.9. The maximum Gasteiger partial charge on any atom is 1.00 e. The van der Waals surface area contributed by atoms with Crippen molar-refractivity contribution in [1.82, 2.24) is 0 Å². The molecule has 4 rings (SSSR count). The predicted molar refractivity (Wildman–Crippen MR) is 160 cm³/mol. The summed E-state index contributed by atoms with van der Waals surface area (Å²) in [6.07, 6.45) is 3.28. The van der Waals surface area contributed by atoms with Gasteiger partial charge in [-0.25, -0.2) is 8.42 Å². The summed E-state index contributed by atoms with van der Waals surface area (Å²) >= 11 is 0. The number of ether oxygens (including phenoxy) is 2. The van der Waals surface area contributed by atoms with Gasteiger partial charge >= 0.3 is 69.7 Å². The molecule has 4 aromatic rings. The summed E-state index contributed by atoms with van der Waals surface area (Å²) in [5, 5.41) is 2.60. The number of amides is 1. The number of nitrogens with one attached hydrogen (secondary N) is 1. The van der Waals surface area contributed by atoms with Crippen molar-refractivity contribution in [3.05, 3.63) is 119 Å². The minimum atomic E-state index is -4.85. The Bertz CT molecular complexity index is 1870. The number of Topliss-reactive ketones (excluding diaryl/α,β-unsaturated/α-hetero) is 1. The number of carbonyl (C=O) groups is 2. The summed E-state index contributed by atoms with van der Waals surface area (Å²) in [6.45, 7) is 0. The molecule has 0 fully saturated rings. The zero-order chi connectivity index (χ0) is 32.3. The Morgan fingerprint density at radius 2 is 1.37 bits per heavy atom. The van der Waals surface area contributed by atoms with E-state index in [-0.39, 0.29) is 82.6 Å². The standard InChI is InChI=1S/C31H26NO7S.2Na.O3S/c1-38-27-15-10-23(11-16-27)29(33)19-22-5-3-21(4-6-22)7-8-24-9-14-26(20-30(24)40(35,36)37)32-31(34)25-12-17-28(39-2)18-13-25;;;1-4(2)3/h3,5-18,20H,19H2,1-2H3,(H,32,34)(H,35,36,37);;;/q-1;2*+1;/p-1/b8-7+;;;. The molecule has 0 aliphatic carbocycles. The predicted octanol–water partition coefficient (Wildman–Crippen LogP) is -1.74.